The quantitative estimate of drug-likeness (QED) is 0.484. The van der Waals surface area contributed by atoms with Gasteiger partial charge in [0.15, 0.2) is 6.61 Å². The van der Waals surface area contributed by atoms with Crippen LogP contribution in [0.4, 0.5) is 10.5 Å². The molecule has 1 heterocycles. The van der Waals surface area contributed by atoms with E-state index in [-0.39, 0.29) is 23.0 Å². The summed E-state index contributed by atoms with van der Waals surface area (Å²) >= 11 is 0. The summed E-state index contributed by atoms with van der Waals surface area (Å²) in [5.41, 5.74) is 1.51. The number of hydrogen-bond donors (Lipinski definition) is 2. The molecule has 0 aliphatic carbocycles. The van der Waals surface area contributed by atoms with Crippen molar-refractivity contribution in [2.75, 3.05) is 17.5 Å². The normalized spacial score (nSPS) is 14.9. The summed E-state index contributed by atoms with van der Waals surface area (Å²) in [6.07, 6.45) is 2.03. The van der Waals surface area contributed by atoms with Gasteiger partial charge in [-0.2, -0.15) is 0 Å². The van der Waals surface area contributed by atoms with Crippen LogP contribution in [0.3, 0.4) is 0 Å². The summed E-state index contributed by atoms with van der Waals surface area (Å²) in [6, 6.07) is 11.7. The van der Waals surface area contributed by atoms with Gasteiger partial charge in [0.1, 0.15) is 0 Å². The van der Waals surface area contributed by atoms with Crippen molar-refractivity contribution in [2.24, 2.45) is 0 Å². The Bertz CT molecular complexity index is 1160. The fraction of sp³-hybridized carbons (Fsp3) is 0.227. The van der Waals surface area contributed by atoms with Gasteiger partial charge in [-0.25, -0.2) is 18.0 Å². The van der Waals surface area contributed by atoms with Crippen LogP contribution in [0.1, 0.15) is 22.8 Å². The summed E-state index contributed by atoms with van der Waals surface area (Å²) in [6.45, 7) is 4.71. The molecule has 2 N–H and O–H groups in total. The first-order valence-electron chi connectivity index (χ1n) is 9.82. The molecule has 3 amide bonds. The first kappa shape index (κ1) is 23.0. The first-order chi connectivity index (χ1) is 15.2. The number of ether oxygens (including phenoxy) is 1. The molecule has 0 saturated heterocycles. The minimum atomic E-state index is -3.93. The summed E-state index contributed by atoms with van der Waals surface area (Å²) in [7, 11) is -3.93. The van der Waals surface area contributed by atoms with Crippen molar-refractivity contribution < 1.29 is 27.5 Å². The van der Waals surface area contributed by atoms with Crippen LogP contribution in [-0.2, 0) is 26.0 Å². The molecule has 0 fully saturated rings. The highest BCUT2D eigenvalue weighted by Gasteiger charge is 2.36. The van der Waals surface area contributed by atoms with E-state index in [1.807, 2.05) is 24.4 Å². The van der Waals surface area contributed by atoms with E-state index in [1.165, 1.54) is 34.6 Å². The topological polar surface area (TPSA) is 122 Å². The predicted octanol–water partition coefficient (Wildman–Crippen LogP) is 2.00. The molecule has 168 valence electrons. The molecule has 9 nitrogen and oxygen atoms in total. The second-order valence-corrected chi connectivity index (χ2v) is 8.95. The van der Waals surface area contributed by atoms with Gasteiger partial charge in [-0.15, -0.1) is 6.58 Å². The number of rotatable bonds is 7. The standard InChI is InChI=1S/C22H23N3O6S/c1-3-11-23-22(28)24-20(26)14-31-21(27)17-8-6-9-18(13-17)32(29,30)25-15(2)12-16-7-4-5-10-19(16)25/h3-10,13,15H,1,11-12,14H2,2H3,(H2,23,24,26,28)/t15-/m1/s1. The van der Waals surface area contributed by atoms with E-state index in [0.717, 1.165) is 5.56 Å². The number of nitrogens with one attached hydrogen (secondary N) is 2. The Balaban J connectivity index is 1.71. The second kappa shape index (κ2) is 9.65. The molecule has 32 heavy (non-hydrogen) atoms. The van der Waals surface area contributed by atoms with E-state index in [2.05, 4.69) is 11.9 Å². The molecule has 10 heteroatoms. The fourth-order valence-electron chi connectivity index (χ4n) is 3.39. The van der Waals surface area contributed by atoms with E-state index in [4.69, 9.17) is 4.74 Å². The molecule has 1 aliphatic heterocycles. The van der Waals surface area contributed by atoms with Gasteiger partial charge in [0, 0.05) is 12.6 Å². The van der Waals surface area contributed by atoms with Crippen molar-refractivity contribution in [1.82, 2.24) is 10.6 Å². The van der Waals surface area contributed by atoms with E-state index in [1.54, 1.807) is 12.1 Å². The van der Waals surface area contributed by atoms with Gasteiger partial charge in [-0.3, -0.25) is 14.4 Å². The number of carbonyl (C=O) groups is 3. The third-order valence-corrected chi connectivity index (χ3v) is 6.69. The van der Waals surface area contributed by atoms with Gasteiger partial charge >= 0.3 is 12.0 Å². The number of sulfonamides is 1. The average molecular weight is 458 g/mol. The molecule has 0 bridgehead atoms. The maximum Gasteiger partial charge on any atom is 0.338 e. The van der Waals surface area contributed by atoms with Crippen molar-refractivity contribution in [3.8, 4) is 0 Å². The number of anilines is 1. The van der Waals surface area contributed by atoms with Crippen LogP contribution >= 0.6 is 0 Å². The molecule has 2 aromatic rings. The van der Waals surface area contributed by atoms with Crippen LogP contribution < -0.4 is 14.9 Å². The van der Waals surface area contributed by atoms with Crippen molar-refractivity contribution in [1.29, 1.82) is 0 Å². The Labute approximate surface area is 186 Å². The number of fused-ring (bicyclic) bond motifs is 1. The van der Waals surface area contributed by atoms with Gasteiger partial charge < -0.3 is 10.1 Å². The van der Waals surface area contributed by atoms with E-state index >= 15 is 0 Å². The lowest BCUT2D eigenvalue weighted by molar-refractivity contribution is -0.123. The summed E-state index contributed by atoms with van der Waals surface area (Å²) < 4.78 is 32.9. The second-order valence-electron chi connectivity index (χ2n) is 7.13. The Morgan fingerprint density at radius 1 is 1.19 bits per heavy atom. The number of amides is 3. The predicted molar refractivity (Wildman–Crippen MR) is 118 cm³/mol. The lowest BCUT2D eigenvalue weighted by Gasteiger charge is -2.24. The van der Waals surface area contributed by atoms with Gasteiger partial charge in [0.25, 0.3) is 15.9 Å². The van der Waals surface area contributed by atoms with Crippen molar-refractivity contribution in [2.45, 2.75) is 24.3 Å². The number of hydrogen-bond acceptors (Lipinski definition) is 6. The van der Waals surface area contributed by atoms with Crippen LogP contribution in [0.15, 0.2) is 66.1 Å². The smallest absolute Gasteiger partial charge is 0.338 e. The summed E-state index contributed by atoms with van der Waals surface area (Å²) in [5.74, 6) is -1.72. The highest BCUT2D eigenvalue weighted by Crippen LogP contribution is 2.36. The van der Waals surface area contributed by atoms with Crippen LogP contribution in [-0.4, -0.2) is 45.5 Å². The Morgan fingerprint density at radius 3 is 2.69 bits per heavy atom. The number of nitrogens with zero attached hydrogens (tertiary/aromatic N) is 1. The van der Waals surface area contributed by atoms with E-state index in [0.29, 0.717) is 12.1 Å². The van der Waals surface area contributed by atoms with Gasteiger partial charge in [-0.05, 0) is 43.2 Å². The zero-order chi connectivity index (χ0) is 23.3. The molecule has 3 rings (SSSR count). The molecule has 0 aromatic heterocycles. The van der Waals surface area contributed by atoms with Crippen molar-refractivity contribution in [3.05, 3.63) is 72.3 Å². The van der Waals surface area contributed by atoms with Crippen LogP contribution in [0, 0.1) is 0 Å². The highest BCUT2D eigenvalue weighted by molar-refractivity contribution is 7.92. The molecule has 0 spiro atoms. The molecule has 0 saturated carbocycles. The Hall–Kier alpha value is -3.66. The van der Waals surface area contributed by atoms with Crippen LogP contribution in [0.5, 0.6) is 0 Å². The van der Waals surface area contributed by atoms with Crippen molar-refractivity contribution in [3.63, 3.8) is 0 Å². The summed E-state index contributed by atoms with van der Waals surface area (Å²) in [4.78, 5) is 35.4. The molecular formula is C22H23N3O6S. The molecule has 2 aromatic carbocycles. The lowest BCUT2D eigenvalue weighted by atomic mass is 10.1. The monoisotopic (exact) mass is 457 g/mol. The zero-order valence-electron chi connectivity index (χ0n) is 17.4. The van der Waals surface area contributed by atoms with Gasteiger partial charge in [-0.1, -0.05) is 30.3 Å². The Morgan fingerprint density at radius 2 is 1.94 bits per heavy atom. The molecule has 1 aliphatic rings. The number of esters is 1. The summed E-state index contributed by atoms with van der Waals surface area (Å²) in [5, 5.41) is 4.34. The maximum absolute atomic E-state index is 13.3. The SMILES string of the molecule is C=CCNC(=O)NC(=O)COC(=O)c1cccc(S(=O)(=O)N2c3ccccc3C[C@H]2C)c1. The van der Waals surface area contributed by atoms with E-state index in [9.17, 15) is 22.8 Å². The third kappa shape index (κ3) is 4.97. The first-order valence-corrected chi connectivity index (χ1v) is 11.3. The minimum absolute atomic E-state index is 0.0323. The average Bonchev–Trinajstić information content (AvgIpc) is 3.12. The lowest BCUT2D eigenvalue weighted by Crippen LogP contribution is -2.41. The fourth-order valence-corrected chi connectivity index (χ4v) is 5.13. The minimum Gasteiger partial charge on any atom is -0.452 e. The number of benzene rings is 2. The van der Waals surface area contributed by atoms with Crippen LogP contribution in [0.25, 0.3) is 0 Å². The molecule has 1 atom stereocenters. The largest absolute Gasteiger partial charge is 0.452 e. The van der Waals surface area contributed by atoms with Gasteiger partial charge in [0.2, 0.25) is 0 Å². The number of carbonyl (C=O) groups excluding carboxylic acids is 3. The number of para-hydroxylation sites is 1. The Kier molecular flexibility index (Phi) is 6.94. The third-order valence-electron chi connectivity index (χ3n) is 4.77. The molecule has 0 unspecified atom stereocenters. The number of imide groups is 1. The number of urea groups is 1. The zero-order valence-corrected chi connectivity index (χ0v) is 18.2. The van der Waals surface area contributed by atoms with Gasteiger partial charge in [0.05, 0.1) is 16.1 Å². The van der Waals surface area contributed by atoms with Crippen molar-refractivity contribution >= 4 is 33.6 Å². The van der Waals surface area contributed by atoms with E-state index < -0.39 is 34.5 Å². The molecular weight excluding hydrogens is 434 g/mol. The van der Waals surface area contributed by atoms with Crippen LogP contribution in [0.2, 0.25) is 0 Å². The maximum atomic E-state index is 13.3. The molecule has 0 radical (unpaired) electrons. The highest BCUT2D eigenvalue weighted by atomic mass is 32.2.